The fraction of sp³-hybridized carbons (Fsp3) is 0.133. The highest BCUT2D eigenvalue weighted by atomic mass is 35.5. The second-order valence-electron chi connectivity index (χ2n) is 4.46. The number of halogens is 1. The highest BCUT2D eigenvalue weighted by Crippen LogP contribution is 2.30. The second kappa shape index (κ2) is 4.94. The van der Waals surface area contributed by atoms with Gasteiger partial charge in [-0.15, -0.1) is 0 Å². The number of hydrogen-bond donors (Lipinski definition) is 0. The predicted octanol–water partition coefficient (Wildman–Crippen LogP) is 3.44. The summed E-state index contributed by atoms with van der Waals surface area (Å²) in [4.78, 5) is 2.05. The van der Waals surface area contributed by atoms with Gasteiger partial charge in [0.2, 0.25) is 0 Å². The molecule has 0 saturated heterocycles. The summed E-state index contributed by atoms with van der Waals surface area (Å²) >= 11 is 5.90. The number of hydrogen-bond acceptors (Lipinski definition) is 2. The molecule has 0 aromatic heterocycles. The van der Waals surface area contributed by atoms with Gasteiger partial charge in [0.25, 0.3) is 6.17 Å². The van der Waals surface area contributed by atoms with Gasteiger partial charge in [-0.2, -0.15) is 4.74 Å². The molecule has 0 aliphatic carbocycles. The summed E-state index contributed by atoms with van der Waals surface area (Å²) in [5.41, 5.74) is 1.98. The maximum atomic E-state index is 12.0. The molecule has 3 nitrogen and oxygen atoms in total. The molecular formula is C15H13ClN2O. The van der Waals surface area contributed by atoms with E-state index in [-0.39, 0.29) is 6.17 Å². The standard InChI is InChI=1S/C15H13ClN2O/c16-13-6-8-14(9-7-13)17-10-11-18(19)15(17)12-4-2-1-3-5-12/h1-9,11,15H,10H2. The summed E-state index contributed by atoms with van der Waals surface area (Å²) in [7, 11) is 0. The van der Waals surface area contributed by atoms with Gasteiger partial charge in [-0.25, -0.2) is 0 Å². The van der Waals surface area contributed by atoms with Crippen molar-refractivity contribution in [1.82, 2.24) is 0 Å². The molecule has 2 aromatic rings. The monoisotopic (exact) mass is 272 g/mol. The number of anilines is 1. The van der Waals surface area contributed by atoms with Crippen molar-refractivity contribution in [3.63, 3.8) is 0 Å². The van der Waals surface area contributed by atoms with Crippen molar-refractivity contribution < 1.29 is 4.74 Å². The molecule has 3 rings (SSSR count). The largest absolute Gasteiger partial charge is 0.622 e. The third-order valence-electron chi connectivity index (χ3n) is 3.25. The van der Waals surface area contributed by atoms with Crippen molar-refractivity contribution in [2.45, 2.75) is 6.17 Å². The first kappa shape index (κ1) is 12.1. The molecule has 1 aliphatic heterocycles. The fourth-order valence-corrected chi connectivity index (χ4v) is 2.46. The van der Waals surface area contributed by atoms with Crippen LogP contribution in [-0.2, 0) is 0 Å². The van der Waals surface area contributed by atoms with Crippen LogP contribution in [0.15, 0.2) is 54.6 Å². The molecule has 1 atom stereocenters. The lowest BCUT2D eigenvalue weighted by molar-refractivity contribution is -0.493. The van der Waals surface area contributed by atoms with Crippen molar-refractivity contribution in [2.75, 3.05) is 11.4 Å². The number of nitrogens with zero attached hydrogens (tertiary/aromatic N) is 2. The van der Waals surface area contributed by atoms with Crippen LogP contribution in [0.3, 0.4) is 0 Å². The first-order chi connectivity index (χ1) is 9.25. The smallest absolute Gasteiger partial charge is 0.265 e. The zero-order valence-corrected chi connectivity index (χ0v) is 11.0. The number of benzene rings is 2. The lowest BCUT2D eigenvalue weighted by atomic mass is 10.1. The van der Waals surface area contributed by atoms with Crippen molar-refractivity contribution in [2.24, 2.45) is 0 Å². The average Bonchev–Trinajstić information content (AvgIpc) is 2.82. The van der Waals surface area contributed by atoms with E-state index in [9.17, 15) is 5.21 Å². The van der Waals surface area contributed by atoms with E-state index >= 15 is 0 Å². The Bertz CT molecular complexity index is 595. The summed E-state index contributed by atoms with van der Waals surface area (Å²) in [5.74, 6) is 0. The molecule has 96 valence electrons. The molecule has 0 radical (unpaired) electrons. The van der Waals surface area contributed by atoms with Gasteiger partial charge in [-0.1, -0.05) is 41.9 Å². The first-order valence-electron chi connectivity index (χ1n) is 6.11. The Kier molecular flexibility index (Phi) is 3.13. The van der Waals surface area contributed by atoms with Crippen molar-refractivity contribution in [1.29, 1.82) is 0 Å². The summed E-state index contributed by atoms with van der Waals surface area (Å²) in [6.07, 6.45) is 1.36. The van der Waals surface area contributed by atoms with Crippen LogP contribution >= 0.6 is 11.6 Å². The normalized spacial score (nSPS) is 18.5. The maximum Gasteiger partial charge on any atom is 0.265 e. The third-order valence-corrected chi connectivity index (χ3v) is 3.50. The minimum Gasteiger partial charge on any atom is -0.622 e. The quantitative estimate of drug-likeness (QED) is 0.619. The van der Waals surface area contributed by atoms with Gasteiger partial charge in [-0.3, -0.25) is 4.90 Å². The van der Waals surface area contributed by atoms with Gasteiger partial charge in [-0.05, 0) is 24.3 Å². The SMILES string of the molecule is [O-][N+]1=CCN(c2ccc(Cl)cc2)C1c1ccccc1. The summed E-state index contributed by atoms with van der Waals surface area (Å²) < 4.78 is 1.00. The van der Waals surface area contributed by atoms with E-state index in [0.29, 0.717) is 11.6 Å². The van der Waals surface area contributed by atoms with Gasteiger partial charge < -0.3 is 5.21 Å². The molecular weight excluding hydrogens is 260 g/mol. The fourth-order valence-electron chi connectivity index (χ4n) is 2.34. The first-order valence-corrected chi connectivity index (χ1v) is 6.49. The molecule has 0 N–H and O–H groups in total. The Morgan fingerprint density at radius 3 is 2.42 bits per heavy atom. The van der Waals surface area contributed by atoms with E-state index in [1.54, 1.807) is 6.21 Å². The van der Waals surface area contributed by atoms with E-state index in [1.807, 2.05) is 54.6 Å². The van der Waals surface area contributed by atoms with E-state index in [1.165, 1.54) is 0 Å². The summed E-state index contributed by atoms with van der Waals surface area (Å²) in [6.45, 7) is 0.602. The Morgan fingerprint density at radius 2 is 1.74 bits per heavy atom. The lowest BCUT2D eigenvalue weighted by Gasteiger charge is -2.24. The minimum atomic E-state index is -0.303. The lowest BCUT2D eigenvalue weighted by Crippen LogP contribution is -2.27. The number of hydroxylamine groups is 1. The molecule has 0 fully saturated rings. The zero-order valence-electron chi connectivity index (χ0n) is 10.2. The molecule has 0 bridgehead atoms. The van der Waals surface area contributed by atoms with Gasteiger partial charge in [0, 0.05) is 16.3 Å². The molecule has 0 spiro atoms. The highest BCUT2D eigenvalue weighted by Gasteiger charge is 2.32. The van der Waals surface area contributed by atoms with Crippen LogP contribution in [0, 0.1) is 5.21 Å². The van der Waals surface area contributed by atoms with Crippen LogP contribution < -0.4 is 4.90 Å². The Labute approximate surface area is 116 Å². The van der Waals surface area contributed by atoms with E-state index in [0.717, 1.165) is 16.0 Å². The van der Waals surface area contributed by atoms with E-state index in [4.69, 9.17) is 11.6 Å². The van der Waals surface area contributed by atoms with Crippen LogP contribution in [0.2, 0.25) is 5.02 Å². The van der Waals surface area contributed by atoms with Crippen molar-refractivity contribution in [3.05, 3.63) is 70.4 Å². The van der Waals surface area contributed by atoms with Crippen LogP contribution in [0.4, 0.5) is 5.69 Å². The van der Waals surface area contributed by atoms with Crippen molar-refractivity contribution in [3.8, 4) is 0 Å². The highest BCUT2D eigenvalue weighted by molar-refractivity contribution is 6.30. The zero-order chi connectivity index (χ0) is 13.2. The molecule has 1 unspecified atom stereocenters. The van der Waals surface area contributed by atoms with Crippen LogP contribution in [0.1, 0.15) is 11.7 Å². The van der Waals surface area contributed by atoms with Crippen molar-refractivity contribution >= 4 is 23.5 Å². The number of rotatable bonds is 2. The second-order valence-corrected chi connectivity index (χ2v) is 4.89. The van der Waals surface area contributed by atoms with E-state index in [2.05, 4.69) is 4.90 Å². The summed E-state index contributed by atoms with van der Waals surface area (Å²) in [5, 5.41) is 12.7. The summed E-state index contributed by atoms with van der Waals surface area (Å²) in [6, 6.07) is 17.3. The molecule has 2 aromatic carbocycles. The molecule has 1 aliphatic rings. The van der Waals surface area contributed by atoms with Gasteiger partial charge in [0.15, 0.2) is 6.21 Å². The maximum absolute atomic E-state index is 12.0. The van der Waals surface area contributed by atoms with Crippen LogP contribution in [-0.4, -0.2) is 17.5 Å². The third kappa shape index (κ3) is 2.29. The molecule has 4 heteroatoms. The topological polar surface area (TPSA) is 29.3 Å². The molecule has 19 heavy (non-hydrogen) atoms. The Hall–Kier alpha value is -2.00. The minimum absolute atomic E-state index is 0.303. The van der Waals surface area contributed by atoms with Crippen LogP contribution in [0.5, 0.6) is 0 Å². The van der Waals surface area contributed by atoms with Gasteiger partial charge >= 0.3 is 0 Å². The average molecular weight is 273 g/mol. The van der Waals surface area contributed by atoms with E-state index < -0.39 is 0 Å². The predicted molar refractivity (Wildman–Crippen MR) is 77.7 cm³/mol. The molecule has 0 saturated carbocycles. The Morgan fingerprint density at radius 1 is 1.05 bits per heavy atom. The van der Waals surface area contributed by atoms with Crippen LogP contribution in [0.25, 0.3) is 0 Å². The molecule has 1 heterocycles. The van der Waals surface area contributed by atoms with Gasteiger partial charge in [0.1, 0.15) is 6.54 Å². The van der Waals surface area contributed by atoms with Gasteiger partial charge in [0.05, 0.1) is 0 Å². The Balaban J connectivity index is 1.96. The molecule has 0 amide bonds.